The average molecular weight is 502 g/mol. The van der Waals surface area contributed by atoms with E-state index >= 15 is 0 Å². The third-order valence-corrected chi connectivity index (χ3v) is 7.05. The number of fused-ring (bicyclic) bond motifs is 2. The van der Waals surface area contributed by atoms with Gasteiger partial charge in [-0.2, -0.15) is 13.2 Å². The van der Waals surface area contributed by atoms with Crippen LogP contribution in [-0.2, 0) is 12.7 Å². The van der Waals surface area contributed by atoms with Crippen molar-refractivity contribution in [3.8, 4) is 11.4 Å². The number of alkyl halides is 3. The smallest absolute Gasteiger partial charge is 0.336 e. The average Bonchev–Trinajstić information content (AvgIpc) is 3.59. The summed E-state index contributed by atoms with van der Waals surface area (Å²) in [7, 11) is 0. The first-order valence-corrected chi connectivity index (χ1v) is 12.1. The topological polar surface area (TPSA) is 91.4 Å². The molecule has 0 unspecified atom stereocenters. The van der Waals surface area contributed by atoms with Crippen LogP contribution in [0.25, 0.3) is 33.3 Å². The molecular formula is C24H23ClF3N7. The second-order valence-electron chi connectivity index (χ2n) is 9.20. The fourth-order valence-corrected chi connectivity index (χ4v) is 4.99. The third-order valence-electron chi connectivity index (χ3n) is 6.78. The van der Waals surface area contributed by atoms with Gasteiger partial charge in [0.25, 0.3) is 0 Å². The van der Waals surface area contributed by atoms with Gasteiger partial charge in [-0.3, -0.25) is 0 Å². The van der Waals surface area contributed by atoms with Crippen molar-refractivity contribution in [3.63, 3.8) is 0 Å². The van der Waals surface area contributed by atoms with E-state index in [4.69, 9.17) is 21.6 Å². The third kappa shape index (κ3) is 4.34. The Hall–Kier alpha value is -2.82. The van der Waals surface area contributed by atoms with Gasteiger partial charge in [0.1, 0.15) is 16.9 Å². The van der Waals surface area contributed by atoms with E-state index in [0.717, 1.165) is 61.5 Å². The number of pyridine rings is 2. The number of nitrogens with zero attached hydrogens (tertiary/aromatic N) is 4. The Morgan fingerprint density at radius 2 is 1.89 bits per heavy atom. The Morgan fingerprint density at radius 1 is 1.09 bits per heavy atom. The first-order valence-electron chi connectivity index (χ1n) is 11.7. The summed E-state index contributed by atoms with van der Waals surface area (Å²) >= 11 is 6.52. The molecule has 1 aliphatic heterocycles. The van der Waals surface area contributed by atoms with E-state index in [1.54, 1.807) is 6.07 Å². The van der Waals surface area contributed by atoms with Crippen molar-refractivity contribution < 1.29 is 13.2 Å². The van der Waals surface area contributed by atoms with Gasteiger partial charge in [0.2, 0.25) is 0 Å². The van der Waals surface area contributed by atoms with Crippen LogP contribution in [0.1, 0.15) is 48.6 Å². The Morgan fingerprint density at radius 3 is 2.63 bits per heavy atom. The van der Waals surface area contributed by atoms with Crippen molar-refractivity contribution in [1.82, 2.24) is 35.6 Å². The Kier molecular flexibility index (Phi) is 5.62. The minimum absolute atomic E-state index is 0.129. The van der Waals surface area contributed by atoms with Gasteiger partial charge in [0, 0.05) is 41.3 Å². The fraction of sp³-hybridized carbons (Fsp3) is 0.417. The number of hydrogen-bond donors (Lipinski definition) is 3. The van der Waals surface area contributed by atoms with Crippen LogP contribution in [-0.4, -0.2) is 44.1 Å². The van der Waals surface area contributed by atoms with Crippen LogP contribution in [0, 0.1) is 0 Å². The van der Waals surface area contributed by atoms with Crippen molar-refractivity contribution >= 4 is 33.5 Å². The highest BCUT2D eigenvalue weighted by Gasteiger charge is 2.33. The molecule has 1 saturated carbocycles. The minimum atomic E-state index is -4.52. The Labute approximate surface area is 203 Å². The predicted octanol–water partition coefficient (Wildman–Crippen LogP) is 4.96. The molecule has 4 aromatic rings. The molecule has 35 heavy (non-hydrogen) atoms. The summed E-state index contributed by atoms with van der Waals surface area (Å²) in [6.45, 7) is 2.42. The van der Waals surface area contributed by atoms with Gasteiger partial charge in [0.15, 0.2) is 11.0 Å². The first-order chi connectivity index (χ1) is 16.9. The van der Waals surface area contributed by atoms with Gasteiger partial charge in [0.05, 0.1) is 5.69 Å². The van der Waals surface area contributed by atoms with Crippen molar-refractivity contribution in [2.75, 3.05) is 13.1 Å². The molecule has 0 amide bonds. The standard InChI is InChI=1S/C24H23ClF3N7/c25-21-20-19(16(10-32-21)12-1-2-12)17(11-31-13-3-6-29-7-4-13)33-23(35-20)14-5-8-30-22-15(14)9-18(34-22)24(26,27)28/h5,8-10,12-13,29,31H,1-4,6-7,11H2,(H,30,34). The quantitative estimate of drug-likeness (QED) is 0.335. The molecule has 2 fully saturated rings. The van der Waals surface area contributed by atoms with E-state index in [2.05, 4.69) is 25.6 Å². The molecule has 1 saturated heterocycles. The normalized spacial score (nSPS) is 17.5. The molecule has 0 spiro atoms. The lowest BCUT2D eigenvalue weighted by Crippen LogP contribution is -2.39. The van der Waals surface area contributed by atoms with E-state index in [1.807, 2.05) is 6.20 Å². The number of rotatable bonds is 5. The van der Waals surface area contributed by atoms with Crippen LogP contribution < -0.4 is 10.6 Å². The SMILES string of the molecule is FC(F)(F)c1cc2c(-c3nc(CNC4CCNCC4)c4c(C5CC5)cnc(Cl)c4n3)ccnc2[nH]1. The van der Waals surface area contributed by atoms with Gasteiger partial charge >= 0.3 is 6.18 Å². The summed E-state index contributed by atoms with van der Waals surface area (Å²) in [5.41, 5.74) is 2.12. The summed E-state index contributed by atoms with van der Waals surface area (Å²) in [5.74, 6) is 0.706. The van der Waals surface area contributed by atoms with Gasteiger partial charge in [-0.1, -0.05) is 11.6 Å². The zero-order chi connectivity index (χ0) is 24.2. The van der Waals surface area contributed by atoms with E-state index in [1.165, 1.54) is 6.20 Å². The summed E-state index contributed by atoms with van der Waals surface area (Å²) in [6.07, 6.45) is 2.94. The maximum absolute atomic E-state index is 13.4. The minimum Gasteiger partial charge on any atom is -0.336 e. The zero-order valence-corrected chi connectivity index (χ0v) is 19.5. The van der Waals surface area contributed by atoms with Crippen molar-refractivity contribution in [1.29, 1.82) is 0 Å². The summed E-state index contributed by atoms with van der Waals surface area (Å²) < 4.78 is 40.1. The van der Waals surface area contributed by atoms with Crippen LogP contribution in [0.5, 0.6) is 0 Å². The Balaban J connectivity index is 1.51. The second-order valence-corrected chi connectivity index (χ2v) is 9.56. The van der Waals surface area contributed by atoms with E-state index in [9.17, 15) is 13.2 Å². The van der Waals surface area contributed by atoms with Crippen LogP contribution in [0.4, 0.5) is 13.2 Å². The zero-order valence-electron chi connectivity index (χ0n) is 18.7. The molecule has 0 aromatic carbocycles. The van der Waals surface area contributed by atoms with Crippen LogP contribution in [0.3, 0.4) is 0 Å². The number of H-pyrrole nitrogens is 1. The highest BCUT2D eigenvalue weighted by atomic mass is 35.5. The van der Waals surface area contributed by atoms with Crippen LogP contribution in [0.15, 0.2) is 24.5 Å². The summed E-state index contributed by atoms with van der Waals surface area (Å²) in [6, 6.07) is 3.05. The molecule has 2 aliphatic rings. The molecule has 6 rings (SSSR count). The highest BCUT2D eigenvalue weighted by molar-refractivity contribution is 6.34. The first kappa shape index (κ1) is 22.6. The maximum atomic E-state index is 13.4. The summed E-state index contributed by atoms with van der Waals surface area (Å²) in [5, 5.41) is 8.43. The highest BCUT2D eigenvalue weighted by Crippen LogP contribution is 2.44. The fourth-order valence-electron chi connectivity index (χ4n) is 4.81. The van der Waals surface area contributed by atoms with Crippen molar-refractivity contribution in [2.45, 2.75) is 50.4 Å². The molecule has 0 atom stereocenters. The second kappa shape index (κ2) is 8.69. The van der Waals surface area contributed by atoms with E-state index < -0.39 is 11.9 Å². The molecular weight excluding hydrogens is 479 g/mol. The molecule has 7 nitrogen and oxygen atoms in total. The lowest BCUT2D eigenvalue weighted by Gasteiger charge is -2.24. The molecule has 182 valence electrons. The monoisotopic (exact) mass is 501 g/mol. The number of halogens is 4. The number of aromatic nitrogens is 5. The summed E-state index contributed by atoms with van der Waals surface area (Å²) in [4.78, 5) is 20.4. The van der Waals surface area contributed by atoms with E-state index in [-0.39, 0.29) is 10.8 Å². The molecule has 5 heterocycles. The Bertz CT molecular complexity index is 1410. The van der Waals surface area contributed by atoms with Gasteiger partial charge < -0.3 is 15.6 Å². The largest absolute Gasteiger partial charge is 0.431 e. The van der Waals surface area contributed by atoms with Gasteiger partial charge in [-0.15, -0.1) is 0 Å². The molecule has 0 radical (unpaired) electrons. The lowest BCUT2D eigenvalue weighted by molar-refractivity contribution is -0.140. The number of nitrogens with one attached hydrogen (secondary N) is 3. The maximum Gasteiger partial charge on any atom is 0.431 e. The molecule has 1 aliphatic carbocycles. The van der Waals surface area contributed by atoms with Crippen molar-refractivity contribution in [2.24, 2.45) is 0 Å². The van der Waals surface area contributed by atoms with Crippen molar-refractivity contribution in [3.05, 3.63) is 46.6 Å². The number of aromatic amines is 1. The van der Waals surface area contributed by atoms with Gasteiger partial charge in [-0.05, 0) is 62.4 Å². The molecule has 11 heteroatoms. The van der Waals surface area contributed by atoms with E-state index in [0.29, 0.717) is 40.8 Å². The van der Waals surface area contributed by atoms with Crippen LogP contribution in [0.2, 0.25) is 5.15 Å². The molecule has 3 N–H and O–H groups in total. The lowest BCUT2D eigenvalue weighted by atomic mass is 10.0. The number of hydrogen-bond acceptors (Lipinski definition) is 6. The number of piperidine rings is 1. The van der Waals surface area contributed by atoms with Crippen LogP contribution >= 0.6 is 11.6 Å². The molecule has 4 aromatic heterocycles. The van der Waals surface area contributed by atoms with Gasteiger partial charge in [-0.25, -0.2) is 19.9 Å². The molecule has 0 bridgehead atoms. The predicted molar refractivity (Wildman–Crippen MR) is 127 cm³/mol.